The predicted molar refractivity (Wildman–Crippen MR) is 89.5 cm³/mol. The normalized spacial score (nSPS) is 16.0. The monoisotopic (exact) mass is 408 g/mol. The summed E-state index contributed by atoms with van der Waals surface area (Å²) in [4.78, 5) is 57.6. The highest BCUT2D eigenvalue weighted by molar-refractivity contribution is 5.95. The lowest BCUT2D eigenvalue weighted by molar-refractivity contribution is -0.148. The SMILES string of the molecule is CC(O)C(NC(=O)C(CO)NC(=O)C(N)CO)C(=O)NC(CC(=O)O)C(=O)O. The molecule has 0 aromatic heterocycles. The summed E-state index contributed by atoms with van der Waals surface area (Å²) in [6.07, 6.45) is -2.49. The Morgan fingerprint density at radius 3 is 1.79 bits per heavy atom. The van der Waals surface area contributed by atoms with Gasteiger partial charge in [-0.1, -0.05) is 0 Å². The lowest BCUT2D eigenvalue weighted by Crippen LogP contribution is -2.60. The standard InChI is InChI=1S/C14H24N4O10/c1-5(21)10(13(26)16-7(14(27)28)2-9(22)23)18-12(25)8(4-20)17-11(24)6(15)3-19/h5-8,10,19-21H,2-4,15H2,1H3,(H,16,26)(H,17,24)(H,18,25)(H,22,23)(H,27,28). The molecule has 0 aliphatic carbocycles. The number of rotatable bonds is 12. The van der Waals surface area contributed by atoms with E-state index in [0.717, 1.165) is 6.92 Å². The third kappa shape index (κ3) is 8.26. The highest BCUT2D eigenvalue weighted by Crippen LogP contribution is 2.00. The van der Waals surface area contributed by atoms with Gasteiger partial charge in [-0.15, -0.1) is 0 Å². The smallest absolute Gasteiger partial charge is 0.326 e. The third-order valence-electron chi connectivity index (χ3n) is 3.40. The van der Waals surface area contributed by atoms with E-state index in [4.69, 9.17) is 21.1 Å². The second-order valence-corrected chi connectivity index (χ2v) is 5.76. The number of hydrogen-bond acceptors (Lipinski definition) is 9. The molecule has 14 nitrogen and oxygen atoms in total. The molecule has 28 heavy (non-hydrogen) atoms. The number of nitrogens with two attached hydrogens (primary N) is 1. The molecule has 0 fully saturated rings. The molecule has 0 aromatic carbocycles. The number of nitrogens with one attached hydrogen (secondary N) is 3. The first-order valence-electron chi connectivity index (χ1n) is 7.95. The summed E-state index contributed by atoms with van der Waals surface area (Å²) in [6.45, 7) is -0.559. The number of hydrogen-bond donors (Lipinski definition) is 9. The summed E-state index contributed by atoms with van der Waals surface area (Å²) in [5.41, 5.74) is 5.26. The highest BCUT2D eigenvalue weighted by atomic mass is 16.4. The number of carbonyl (C=O) groups excluding carboxylic acids is 3. The molecule has 0 aliphatic rings. The zero-order valence-corrected chi connectivity index (χ0v) is 14.9. The second kappa shape index (κ2) is 11.8. The average Bonchev–Trinajstić information content (AvgIpc) is 2.61. The predicted octanol–water partition coefficient (Wildman–Crippen LogP) is -5.31. The molecule has 5 unspecified atom stereocenters. The molecule has 0 saturated heterocycles. The molecule has 14 heteroatoms. The average molecular weight is 408 g/mol. The molecule has 160 valence electrons. The van der Waals surface area contributed by atoms with Crippen LogP contribution in [0.5, 0.6) is 0 Å². The Morgan fingerprint density at radius 2 is 1.39 bits per heavy atom. The van der Waals surface area contributed by atoms with E-state index in [2.05, 4.69) is 0 Å². The van der Waals surface area contributed by atoms with Gasteiger partial charge < -0.3 is 47.2 Å². The first-order chi connectivity index (χ1) is 12.9. The van der Waals surface area contributed by atoms with Gasteiger partial charge in [-0.05, 0) is 6.92 Å². The van der Waals surface area contributed by atoms with Crippen LogP contribution in [0.15, 0.2) is 0 Å². The molecule has 5 atom stereocenters. The quantitative estimate of drug-likeness (QED) is 0.147. The molecular weight excluding hydrogens is 384 g/mol. The van der Waals surface area contributed by atoms with Gasteiger partial charge in [0.1, 0.15) is 24.2 Å². The molecular formula is C14H24N4O10. The number of carboxylic acid groups (broad SMARTS) is 2. The second-order valence-electron chi connectivity index (χ2n) is 5.76. The topological polar surface area (TPSA) is 249 Å². The van der Waals surface area contributed by atoms with Crippen molar-refractivity contribution in [2.45, 2.75) is 43.6 Å². The molecule has 0 aliphatic heterocycles. The Bertz CT molecular complexity index is 597. The lowest BCUT2D eigenvalue weighted by Gasteiger charge is -2.25. The molecule has 0 radical (unpaired) electrons. The van der Waals surface area contributed by atoms with Crippen molar-refractivity contribution in [3.63, 3.8) is 0 Å². The van der Waals surface area contributed by atoms with Crippen molar-refractivity contribution in [1.29, 1.82) is 0 Å². The largest absolute Gasteiger partial charge is 0.481 e. The molecule has 0 heterocycles. The summed E-state index contributed by atoms with van der Waals surface area (Å²) in [7, 11) is 0. The van der Waals surface area contributed by atoms with Crippen molar-refractivity contribution >= 4 is 29.7 Å². The number of amides is 3. The number of carboxylic acids is 2. The number of aliphatic hydroxyl groups is 3. The summed E-state index contributed by atoms with van der Waals surface area (Å²) in [5, 5.41) is 51.2. The first-order valence-corrected chi connectivity index (χ1v) is 7.95. The van der Waals surface area contributed by atoms with Crippen LogP contribution in [0, 0.1) is 0 Å². The van der Waals surface area contributed by atoms with Crippen LogP contribution in [0.1, 0.15) is 13.3 Å². The minimum absolute atomic E-state index is 0.732. The van der Waals surface area contributed by atoms with Crippen LogP contribution < -0.4 is 21.7 Å². The van der Waals surface area contributed by atoms with Crippen molar-refractivity contribution in [2.75, 3.05) is 13.2 Å². The zero-order valence-electron chi connectivity index (χ0n) is 14.9. The Labute approximate surface area is 158 Å². The van der Waals surface area contributed by atoms with Gasteiger partial charge in [-0.2, -0.15) is 0 Å². The fourth-order valence-electron chi connectivity index (χ4n) is 1.85. The zero-order chi connectivity index (χ0) is 22.0. The van der Waals surface area contributed by atoms with E-state index < -0.39 is 79.6 Å². The summed E-state index contributed by atoms with van der Waals surface area (Å²) < 4.78 is 0. The Hall–Kier alpha value is -2.81. The molecule has 3 amide bonds. The van der Waals surface area contributed by atoms with E-state index in [1.807, 2.05) is 16.0 Å². The van der Waals surface area contributed by atoms with Gasteiger partial charge in [-0.3, -0.25) is 19.2 Å². The van der Waals surface area contributed by atoms with Crippen LogP contribution in [-0.4, -0.2) is 98.7 Å². The number of aliphatic carboxylic acids is 2. The molecule has 0 aromatic rings. The Balaban J connectivity index is 5.18. The van der Waals surface area contributed by atoms with E-state index in [1.165, 1.54) is 0 Å². The minimum atomic E-state index is -1.82. The molecule has 0 spiro atoms. The lowest BCUT2D eigenvalue weighted by atomic mass is 10.1. The van der Waals surface area contributed by atoms with E-state index in [0.29, 0.717) is 0 Å². The number of carbonyl (C=O) groups is 5. The maximum atomic E-state index is 12.2. The first kappa shape index (κ1) is 25.2. The van der Waals surface area contributed by atoms with E-state index in [-0.39, 0.29) is 0 Å². The van der Waals surface area contributed by atoms with Crippen molar-refractivity contribution in [2.24, 2.45) is 5.73 Å². The van der Waals surface area contributed by atoms with Gasteiger partial charge in [0.15, 0.2) is 0 Å². The Morgan fingerprint density at radius 1 is 0.857 bits per heavy atom. The van der Waals surface area contributed by atoms with Crippen LogP contribution in [0.25, 0.3) is 0 Å². The maximum absolute atomic E-state index is 12.2. The van der Waals surface area contributed by atoms with Crippen LogP contribution in [-0.2, 0) is 24.0 Å². The molecule has 0 saturated carbocycles. The van der Waals surface area contributed by atoms with Crippen LogP contribution >= 0.6 is 0 Å². The maximum Gasteiger partial charge on any atom is 0.326 e. The highest BCUT2D eigenvalue weighted by Gasteiger charge is 2.33. The summed E-state index contributed by atoms with van der Waals surface area (Å²) in [6, 6.07) is -6.50. The van der Waals surface area contributed by atoms with Crippen LogP contribution in [0.2, 0.25) is 0 Å². The summed E-state index contributed by atoms with van der Waals surface area (Å²) in [5.74, 6) is -6.44. The van der Waals surface area contributed by atoms with Gasteiger partial charge in [0.2, 0.25) is 17.7 Å². The van der Waals surface area contributed by atoms with Gasteiger partial charge in [-0.25, -0.2) is 4.79 Å². The van der Waals surface area contributed by atoms with Crippen LogP contribution in [0.4, 0.5) is 0 Å². The van der Waals surface area contributed by atoms with Gasteiger partial charge >= 0.3 is 11.9 Å². The fraction of sp³-hybridized carbons (Fsp3) is 0.643. The van der Waals surface area contributed by atoms with E-state index >= 15 is 0 Å². The molecule has 0 rings (SSSR count). The third-order valence-corrected chi connectivity index (χ3v) is 3.40. The van der Waals surface area contributed by atoms with Gasteiger partial charge in [0, 0.05) is 0 Å². The van der Waals surface area contributed by atoms with Crippen molar-refractivity contribution in [3.05, 3.63) is 0 Å². The van der Waals surface area contributed by atoms with E-state index in [9.17, 15) is 34.2 Å². The van der Waals surface area contributed by atoms with Crippen molar-refractivity contribution in [3.8, 4) is 0 Å². The fourth-order valence-corrected chi connectivity index (χ4v) is 1.85. The van der Waals surface area contributed by atoms with Crippen molar-refractivity contribution in [1.82, 2.24) is 16.0 Å². The van der Waals surface area contributed by atoms with Gasteiger partial charge in [0.05, 0.1) is 25.7 Å². The number of aliphatic hydroxyl groups excluding tert-OH is 3. The van der Waals surface area contributed by atoms with Crippen molar-refractivity contribution < 1.29 is 49.5 Å². The van der Waals surface area contributed by atoms with E-state index in [1.54, 1.807) is 0 Å². The van der Waals surface area contributed by atoms with Crippen LogP contribution in [0.3, 0.4) is 0 Å². The van der Waals surface area contributed by atoms with Gasteiger partial charge in [0.25, 0.3) is 0 Å². The Kier molecular flexibility index (Phi) is 10.6. The molecule has 10 N–H and O–H groups in total. The summed E-state index contributed by atoms with van der Waals surface area (Å²) >= 11 is 0. The minimum Gasteiger partial charge on any atom is -0.481 e. The molecule has 0 bridgehead atoms.